The molecule has 1 aromatic carbocycles. The summed E-state index contributed by atoms with van der Waals surface area (Å²) in [5.74, 6) is 0.403. The van der Waals surface area contributed by atoms with Crippen molar-refractivity contribution in [1.82, 2.24) is 30.6 Å². The molecule has 4 rings (SSSR count). The molecule has 1 aliphatic heterocycles. The first kappa shape index (κ1) is 13.8. The topological polar surface area (TPSA) is 95.6 Å². The average molecular weight is 308 g/mol. The standard InChI is InChI=1S/C16H16N6O/c23-16(19-10-5-6-17-7-10)14-9-18-8-13(20-14)15-21-11-3-1-2-4-12(11)22-15/h1-4,8-10,17H,5-7H2,(H,19,23)(H,21,22). The van der Waals surface area contributed by atoms with E-state index in [9.17, 15) is 4.79 Å². The van der Waals surface area contributed by atoms with E-state index in [1.54, 1.807) is 6.20 Å². The van der Waals surface area contributed by atoms with Gasteiger partial charge in [-0.3, -0.25) is 9.78 Å². The van der Waals surface area contributed by atoms with E-state index in [1.807, 2.05) is 24.3 Å². The number of H-pyrrole nitrogens is 1. The molecule has 1 saturated heterocycles. The summed E-state index contributed by atoms with van der Waals surface area (Å²) < 4.78 is 0. The number of aromatic amines is 1. The Labute approximate surface area is 132 Å². The Morgan fingerprint density at radius 3 is 2.96 bits per heavy atom. The number of benzene rings is 1. The first-order valence-corrected chi connectivity index (χ1v) is 7.58. The van der Waals surface area contributed by atoms with Gasteiger partial charge in [-0.2, -0.15) is 0 Å². The number of amides is 1. The lowest BCUT2D eigenvalue weighted by Crippen LogP contribution is -2.36. The molecule has 1 amide bonds. The van der Waals surface area contributed by atoms with Crippen molar-refractivity contribution in [1.29, 1.82) is 0 Å². The fourth-order valence-electron chi connectivity index (χ4n) is 2.70. The largest absolute Gasteiger partial charge is 0.347 e. The number of carbonyl (C=O) groups excluding carboxylic acids is 1. The lowest BCUT2D eigenvalue weighted by Gasteiger charge is -2.10. The van der Waals surface area contributed by atoms with E-state index >= 15 is 0 Å². The van der Waals surface area contributed by atoms with E-state index in [4.69, 9.17) is 0 Å². The molecule has 3 N–H and O–H groups in total. The number of hydrogen-bond acceptors (Lipinski definition) is 5. The average Bonchev–Trinajstić information content (AvgIpc) is 3.24. The summed E-state index contributed by atoms with van der Waals surface area (Å²) in [5.41, 5.74) is 2.64. The monoisotopic (exact) mass is 308 g/mol. The lowest BCUT2D eigenvalue weighted by molar-refractivity contribution is 0.0934. The second-order valence-corrected chi connectivity index (χ2v) is 5.56. The zero-order valence-electron chi connectivity index (χ0n) is 12.4. The van der Waals surface area contributed by atoms with Crippen LogP contribution in [0.3, 0.4) is 0 Å². The zero-order valence-corrected chi connectivity index (χ0v) is 12.4. The minimum Gasteiger partial charge on any atom is -0.347 e. The molecule has 1 atom stereocenters. The quantitative estimate of drug-likeness (QED) is 0.673. The van der Waals surface area contributed by atoms with E-state index in [0.717, 1.165) is 30.5 Å². The van der Waals surface area contributed by atoms with Crippen molar-refractivity contribution in [2.45, 2.75) is 12.5 Å². The van der Waals surface area contributed by atoms with Gasteiger partial charge in [0.25, 0.3) is 5.91 Å². The molecule has 7 nitrogen and oxygen atoms in total. The third-order valence-electron chi connectivity index (χ3n) is 3.89. The highest BCUT2D eigenvalue weighted by Crippen LogP contribution is 2.18. The first-order valence-electron chi connectivity index (χ1n) is 7.58. The van der Waals surface area contributed by atoms with Gasteiger partial charge in [-0.25, -0.2) is 9.97 Å². The van der Waals surface area contributed by atoms with Gasteiger partial charge in [0.1, 0.15) is 11.4 Å². The number of aromatic nitrogens is 4. The number of para-hydroxylation sites is 2. The van der Waals surface area contributed by atoms with E-state index in [1.165, 1.54) is 6.20 Å². The summed E-state index contributed by atoms with van der Waals surface area (Å²) in [4.78, 5) is 28.5. The van der Waals surface area contributed by atoms with Gasteiger partial charge in [0.05, 0.1) is 23.4 Å². The minimum absolute atomic E-state index is 0.152. The van der Waals surface area contributed by atoms with E-state index in [0.29, 0.717) is 17.2 Å². The highest BCUT2D eigenvalue weighted by molar-refractivity contribution is 5.92. The Bertz CT molecular complexity index is 819. The van der Waals surface area contributed by atoms with E-state index < -0.39 is 0 Å². The highest BCUT2D eigenvalue weighted by Gasteiger charge is 2.19. The van der Waals surface area contributed by atoms with Gasteiger partial charge in [0.2, 0.25) is 0 Å². The van der Waals surface area contributed by atoms with Gasteiger partial charge in [-0.1, -0.05) is 12.1 Å². The summed E-state index contributed by atoms with van der Waals surface area (Å²) >= 11 is 0. The molecule has 0 radical (unpaired) electrons. The molecular formula is C16H16N6O. The van der Waals surface area contributed by atoms with Crippen LogP contribution in [0.4, 0.5) is 0 Å². The minimum atomic E-state index is -0.204. The number of nitrogens with one attached hydrogen (secondary N) is 3. The molecule has 2 aromatic heterocycles. The molecule has 0 aliphatic carbocycles. The van der Waals surface area contributed by atoms with Crippen LogP contribution >= 0.6 is 0 Å². The van der Waals surface area contributed by atoms with Crippen molar-refractivity contribution in [3.8, 4) is 11.5 Å². The fraction of sp³-hybridized carbons (Fsp3) is 0.250. The zero-order chi connectivity index (χ0) is 15.6. The number of carbonyl (C=O) groups is 1. The van der Waals surface area contributed by atoms with Gasteiger partial charge >= 0.3 is 0 Å². The van der Waals surface area contributed by atoms with Gasteiger partial charge in [0, 0.05) is 12.6 Å². The molecule has 0 bridgehead atoms. The molecule has 0 saturated carbocycles. The van der Waals surface area contributed by atoms with Crippen LogP contribution in [-0.4, -0.2) is 45.0 Å². The van der Waals surface area contributed by atoms with Gasteiger partial charge in [-0.05, 0) is 25.1 Å². The van der Waals surface area contributed by atoms with Crippen LogP contribution in [0.25, 0.3) is 22.6 Å². The van der Waals surface area contributed by atoms with Crippen LogP contribution in [0.5, 0.6) is 0 Å². The van der Waals surface area contributed by atoms with E-state index in [-0.39, 0.29) is 11.9 Å². The van der Waals surface area contributed by atoms with Gasteiger partial charge in [0.15, 0.2) is 5.82 Å². The molecule has 3 heterocycles. The summed E-state index contributed by atoms with van der Waals surface area (Å²) in [7, 11) is 0. The Hall–Kier alpha value is -2.80. The molecule has 116 valence electrons. The molecule has 23 heavy (non-hydrogen) atoms. The molecule has 3 aromatic rings. The number of rotatable bonds is 3. The maximum atomic E-state index is 12.3. The Balaban J connectivity index is 1.61. The van der Waals surface area contributed by atoms with E-state index in [2.05, 4.69) is 30.6 Å². The molecule has 1 aliphatic rings. The van der Waals surface area contributed by atoms with Crippen LogP contribution in [0.1, 0.15) is 16.9 Å². The number of hydrogen-bond donors (Lipinski definition) is 3. The van der Waals surface area contributed by atoms with Crippen LogP contribution in [0, 0.1) is 0 Å². The van der Waals surface area contributed by atoms with Crippen molar-refractivity contribution in [3.63, 3.8) is 0 Å². The Kier molecular flexibility index (Phi) is 3.47. The molecule has 1 unspecified atom stereocenters. The Morgan fingerprint density at radius 1 is 1.22 bits per heavy atom. The van der Waals surface area contributed by atoms with Crippen LogP contribution in [0.15, 0.2) is 36.7 Å². The second-order valence-electron chi connectivity index (χ2n) is 5.56. The number of imidazole rings is 1. The summed E-state index contributed by atoms with van der Waals surface area (Å²) in [6.07, 6.45) is 4.01. The smallest absolute Gasteiger partial charge is 0.271 e. The molecule has 7 heteroatoms. The SMILES string of the molecule is O=C(NC1CCNC1)c1cncc(-c2nc3ccccc3[nH]2)n1. The lowest BCUT2D eigenvalue weighted by atomic mass is 10.2. The predicted octanol–water partition coefficient (Wildman–Crippen LogP) is 1.11. The van der Waals surface area contributed by atoms with Gasteiger partial charge in [-0.15, -0.1) is 0 Å². The molecular weight excluding hydrogens is 292 g/mol. The van der Waals surface area contributed by atoms with Crippen molar-refractivity contribution in [2.24, 2.45) is 0 Å². The van der Waals surface area contributed by atoms with Crippen molar-refractivity contribution in [3.05, 3.63) is 42.4 Å². The van der Waals surface area contributed by atoms with Gasteiger partial charge < -0.3 is 15.6 Å². The predicted molar refractivity (Wildman–Crippen MR) is 85.9 cm³/mol. The third kappa shape index (κ3) is 2.78. The van der Waals surface area contributed by atoms with Crippen molar-refractivity contribution >= 4 is 16.9 Å². The van der Waals surface area contributed by atoms with Crippen LogP contribution < -0.4 is 10.6 Å². The van der Waals surface area contributed by atoms with Crippen molar-refractivity contribution < 1.29 is 4.79 Å². The Morgan fingerprint density at radius 2 is 2.13 bits per heavy atom. The van der Waals surface area contributed by atoms with Crippen molar-refractivity contribution in [2.75, 3.05) is 13.1 Å². The summed E-state index contributed by atoms with van der Waals surface area (Å²) in [5, 5.41) is 6.18. The third-order valence-corrected chi connectivity index (χ3v) is 3.89. The number of fused-ring (bicyclic) bond motifs is 1. The van der Waals surface area contributed by atoms with Crippen LogP contribution in [0.2, 0.25) is 0 Å². The summed E-state index contributed by atoms with van der Waals surface area (Å²) in [6.45, 7) is 1.72. The second kappa shape index (κ2) is 5.77. The molecule has 0 spiro atoms. The normalized spacial score (nSPS) is 17.5. The van der Waals surface area contributed by atoms with Crippen LogP contribution in [-0.2, 0) is 0 Å². The number of nitrogens with zero attached hydrogens (tertiary/aromatic N) is 3. The molecule has 1 fully saturated rings. The highest BCUT2D eigenvalue weighted by atomic mass is 16.2. The maximum absolute atomic E-state index is 12.3. The fourth-order valence-corrected chi connectivity index (χ4v) is 2.70. The summed E-state index contributed by atoms with van der Waals surface area (Å²) in [6, 6.07) is 7.89. The maximum Gasteiger partial charge on any atom is 0.271 e. The first-order chi connectivity index (χ1) is 11.3.